The summed E-state index contributed by atoms with van der Waals surface area (Å²) in [6, 6.07) is 26.2. The largest absolute Gasteiger partial charge is 0.361 e. The van der Waals surface area contributed by atoms with Crippen LogP contribution in [-0.4, -0.2) is 50.7 Å². The van der Waals surface area contributed by atoms with Gasteiger partial charge in [0.05, 0.1) is 12.6 Å². The van der Waals surface area contributed by atoms with Gasteiger partial charge in [-0.05, 0) is 48.1 Å². The molecule has 4 heterocycles. The number of H-pyrrole nitrogens is 2. The van der Waals surface area contributed by atoms with E-state index in [0.29, 0.717) is 19.4 Å². The van der Waals surface area contributed by atoms with E-state index in [2.05, 4.69) is 58.5 Å². The van der Waals surface area contributed by atoms with Crippen molar-refractivity contribution < 1.29 is 9.59 Å². The van der Waals surface area contributed by atoms with E-state index in [0.717, 1.165) is 35.0 Å². The lowest BCUT2D eigenvalue weighted by molar-refractivity contribution is -0.159. The average molecular weight is 503 g/mol. The molecule has 0 saturated carbocycles. The van der Waals surface area contributed by atoms with Crippen molar-refractivity contribution in [2.45, 2.75) is 37.8 Å². The molecule has 2 aromatic heterocycles. The minimum atomic E-state index is -0.466. The van der Waals surface area contributed by atoms with Gasteiger partial charge in [-0.3, -0.25) is 9.59 Å². The summed E-state index contributed by atoms with van der Waals surface area (Å²) in [4.78, 5) is 38.3. The number of carbonyl (C=O) groups excluding carboxylic acids is 2. The number of piperazine rings is 1. The first-order valence-corrected chi connectivity index (χ1v) is 13.5. The van der Waals surface area contributed by atoms with Gasteiger partial charge in [0.15, 0.2) is 0 Å². The Morgan fingerprint density at radius 1 is 0.816 bits per heavy atom. The Morgan fingerprint density at radius 2 is 1.55 bits per heavy atom. The quantitative estimate of drug-likeness (QED) is 0.337. The highest BCUT2D eigenvalue weighted by Crippen LogP contribution is 2.41. The van der Waals surface area contributed by atoms with Gasteiger partial charge in [-0.2, -0.15) is 0 Å². The number of aromatic nitrogens is 2. The number of nitrogens with zero attached hydrogens (tertiary/aromatic N) is 2. The average Bonchev–Trinajstić information content (AvgIpc) is 3.54. The monoisotopic (exact) mass is 502 g/mol. The summed E-state index contributed by atoms with van der Waals surface area (Å²) >= 11 is 0. The van der Waals surface area contributed by atoms with Gasteiger partial charge in [0.25, 0.3) is 0 Å². The maximum atomic E-state index is 13.9. The fraction of sp³-hybridized carbons (Fsp3) is 0.250. The molecule has 38 heavy (non-hydrogen) atoms. The Morgan fingerprint density at radius 3 is 2.39 bits per heavy atom. The van der Waals surface area contributed by atoms with Gasteiger partial charge in [-0.25, -0.2) is 0 Å². The van der Waals surface area contributed by atoms with Crippen molar-refractivity contribution in [2.24, 2.45) is 0 Å². The third-order valence-corrected chi connectivity index (χ3v) is 8.33. The molecule has 3 aromatic carbocycles. The predicted molar refractivity (Wildman–Crippen MR) is 149 cm³/mol. The maximum absolute atomic E-state index is 13.9. The molecule has 0 unspecified atom stereocenters. The molecule has 5 aromatic rings. The molecule has 1 fully saturated rings. The third-order valence-electron chi connectivity index (χ3n) is 8.33. The molecular formula is C32H30N4O2. The fourth-order valence-electron chi connectivity index (χ4n) is 6.48. The highest BCUT2D eigenvalue weighted by molar-refractivity contribution is 5.97. The van der Waals surface area contributed by atoms with Crippen molar-refractivity contribution in [3.05, 3.63) is 107 Å². The molecule has 7 rings (SSSR count). The normalized spacial score (nSPS) is 19.3. The van der Waals surface area contributed by atoms with E-state index in [4.69, 9.17) is 0 Å². The zero-order valence-electron chi connectivity index (χ0n) is 21.2. The molecule has 0 aliphatic carbocycles. The summed E-state index contributed by atoms with van der Waals surface area (Å²) in [5.74, 6) is 0.0981. The van der Waals surface area contributed by atoms with E-state index in [-0.39, 0.29) is 24.4 Å². The van der Waals surface area contributed by atoms with Gasteiger partial charge < -0.3 is 19.8 Å². The summed E-state index contributed by atoms with van der Waals surface area (Å²) < 4.78 is 0. The van der Waals surface area contributed by atoms with Crippen LogP contribution in [0.5, 0.6) is 0 Å². The number of aromatic amines is 2. The number of amides is 2. The van der Waals surface area contributed by atoms with Crippen LogP contribution >= 0.6 is 0 Å². The van der Waals surface area contributed by atoms with E-state index in [1.807, 2.05) is 41.4 Å². The summed E-state index contributed by atoms with van der Waals surface area (Å²) in [5, 5.41) is 2.33. The van der Waals surface area contributed by atoms with Gasteiger partial charge in [-0.1, -0.05) is 66.7 Å². The van der Waals surface area contributed by atoms with E-state index in [9.17, 15) is 9.59 Å². The SMILES string of the molecule is O=C1[C@@H]2Cc3c([nH]c4ccccc34)[C@H](CCc3ccccc3)N2C(=O)CN1CCc1c[nH]c2ccccc12. The van der Waals surface area contributed by atoms with Crippen molar-refractivity contribution in [1.82, 2.24) is 19.8 Å². The Balaban J connectivity index is 1.19. The summed E-state index contributed by atoms with van der Waals surface area (Å²) in [6.45, 7) is 0.668. The van der Waals surface area contributed by atoms with E-state index in [1.54, 1.807) is 4.90 Å². The van der Waals surface area contributed by atoms with Gasteiger partial charge in [0.2, 0.25) is 11.8 Å². The zero-order valence-corrected chi connectivity index (χ0v) is 21.2. The Hall–Kier alpha value is -4.32. The van der Waals surface area contributed by atoms with Crippen molar-refractivity contribution in [3.8, 4) is 0 Å². The van der Waals surface area contributed by atoms with Crippen LogP contribution in [-0.2, 0) is 28.9 Å². The van der Waals surface area contributed by atoms with Gasteiger partial charge >= 0.3 is 0 Å². The number of rotatable bonds is 6. The third kappa shape index (κ3) is 3.79. The Kier molecular flexibility index (Phi) is 5.54. The standard InChI is InChI=1S/C32H30N4O2/c37-30-20-35(17-16-22-19-33-26-12-6-4-10-23(22)26)32(38)29-18-25-24-11-5-7-13-27(24)34-31(25)28(36(29)30)15-14-21-8-2-1-3-9-21/h1-13,19,28-29,33-34H,14-18,20H2/t28-,29-/m0/s1. The summed E-state index contributed by atoms with van der Waals surface area (Å²) in [7, 11) is 0. The number of hydrogen-bond donors (Lipinski definition) is 2. The second kappa shape index (κ2) is 9.21. The minimum absolute atomic E-state index is 0.0379. The summed E-state index contributed by atoms with van der Waals surface area (Å²) in [6.07, 6.45) is 4.90. The van der Waals surface area contributed by atoms with Crippen molar-refractivity contribution >= 4 is 33.6 Å². The molecule has 2 aliphatic heterocycles. The van der Waals surface area contributed by atoms with Gasteiger partial charge in [-0.15, -0.1) is 0 Å². The minimum Gasteiger partial charge on any atom is -0.361 e. The number of nitrogens with one attached hydrogen (secondary N) is 2. The van der Waals surface area contributed by atoms with E-state index >= 15 is 0 Å². The number of para-hydroxylation sites is 2. The Bertz CT molecular complexity index is 1650. The molecule has 0 spiro atoms. The van der Waals surface area contributed by atoms with Gasteiger partial charge in [0, 0.05) is 46.7 Å². The smallest absolute Gasteiger partial charge is 0.246 e. The van der Waals surface area contributed by atoms with Crippen LogP contribution in [0.4, 0.5) is 0 Å². The number of carbonyl (C=O) groups is 2. The summed E-state index contributed by atoms with van der Waals surface area (Å²) in [5.41, 5.74) is 6.84. The second-order valence-electron chi connectivity index (χ2n) is 10.5. The molecular weight excluding hydrogens is 472 g/mol. The molecule has 6 heteroatoms. The molecule has 2 aliphatic rings. The molecule has 0 radical (unpaired) electrons. The molecule has 6 nitrogen and oxygen atoms in total. The van der Waals surface area contributed by atoms with E-state index < -0.39 is 6.04 Å². The number of aryl methyl sites for hydroxylation is 1. The first-order chi connectivity index (χ1) is 18.7. The number of hydrogen-bond acceptors (Lipinski definition) is 2. The van der Waals surface area contributed by atoms with E-state index in [1.165, 1.54) is 22.1 Å². The Labute approximate surface area is 221 Å². The lowest BCUT2D eigenvalue weighted by Crippen LogP contribution is -2.63. The van der Waals surface area contributed by atoms with Crippen LogP contribution in [0.15, 0.2) is 85.1 Å². The van der Waals surface area contributed by atoms with Crippen LogP contribution in [0.1, 0.15) is 34.8 Å². The molecule has 2 amide bonds. The lowest BCUT2D eigenvalue weighted by atomic mass is 9.86. The number of fused-ring (bicyclic) bond motifs is 5. The molecule has 190 valence electrons. The predicted octanol–water partition coefficient (Wildman–Crippen LogP) is 5.16. The molecule has 1 saturated heterocycles. The molecule has 2 N–H and O–H groups in total. The number of benzene rings is 3. The van der Waals surface area contributed by atoms with Crippen LogP contribution in [0.3, 0.4) is 0 Å². The van der Waals surface area contributed by atoms with Crippen molar-refractivity contribution in [2.75, 3.05) is 13.1 Å². The van der Waals surface area contributed by atoms with Gasteiger partial charge in [0.1, 0.15) is 6.04 Å². The molecule has 2 atom stereocenters. The van der Waals surface area contributed by atoms with Crippen LogP contribution < -0.4 is 0 Å². The fourth-order valence-corrected chi connectivity index (χ4v) is 6.48. The maximum Gasteiger partial charge on any atom is 0.246 e. The highest BCUT2D eigenvalue weighted by Gasteiger charge is 2.47. The lowest BCUT2D eigenvalue weighted by Gasteiger charge is -2.47. The second-order valence-corrected chi connectivity index (χ2v) is 10.5. The van der Waals surface area contributed by atoms with Crippen LogP contribution in [0.2, 0.25) is 0 Å². The van der Waals surface area contributed by atoms with Crippen molar-refractivity contribution in [3.63, 3.8) is 0 Å². The highest BCUT2D eigenvalue weighted by atomic mass is 16.2. The van der Waals surface area contributed by atoms with Crippen LogP contribution in [0, 0.1) is 0 Å². The first-order valence-electron chi connectivity index (χ1n) is 13.5. The topological polar surface area (TPSA) is 72.2 Å². The zero-order chi connectivity index (χ0) is 25.6. The van der Waals surface area contributed by atoms with Crippen molar-refractivity contribution in [1.29, 1.82) is 0 Å². The first kappa shape index (κ1) is 22.8. The van der Waals surface area contributed by atoms with Crippen LogP contribution in [0.25, 0.3) is 21.8 Å². The molecule has 0 bridgehead atoms.